The summed E-state index contributed by atoms with van der Waals surface area (Å²) in [5, 5.41) is 11.8. The van der Waals surface area contributed by atoms with Gasteiger partial charge >= 0.3 is 5.97 Å². The molecule has 2 aromatic rings. The smallest absolute Gasteiger partial charge is 0.340 e. The van der Waals surface area contributed by atoms with Gasteiger partial charge in [-0.05, 0) is 19.8 Å². The molecule has 0 bridgehead atoms. The number of hydrogen-bond acceptors (Lipinski definition) is 5. The highest BCUT2D eigenvalue weighted by atomic mass is 16.4. The van der Waals surface area contributed by atoms with E-state index >= 15 is 0 Å². The maximum Gasteiger partial charge on any atom is 0.340 e. The highest BCUT2D eigenvalue weighted by Crippen LogP contribution is 2.21. The molecule has 1 saturated carbocycles. The number of nitrogens with zero attached hydrogens (tertiary/aromatic N) is 2. The lowest BCUT2D eigenvalue weighted by molar-refractivity contribution is -0.121. The van der Waals surface area contributed by atoms with Crippen LogP contribution in [0, 0.1) is 6.92 Å². The minimum atomic E-state index is -1.26. The molecule has 1 amide bonds. The number of rotatable bonds is 4. The van der Waals surface area contributed by atoms with E-state index in [1.165, 1.54) is 13.3 Å². The Labute approximate surface area is 118 Å². The van der Waals surface area contributed by atoms with Gasteiger partial charge in [0.05, 0.1) is 0 Å². The van der Waals surface area contributed by atoms with Crippen LogP contribution in [0.15, 0.2) is 15.5 Å². The lowest BCUT2D eigenvalue weighted by Crippen LogP contribution is -2.33. The minimum absolute atomic E-state index is 0.0336. The molecular weight excluding hydrogens is 278 g/mol. The molecule has 0 atom stereocenters. The molecule has 0 radical (unpaired) electrons. The lowest BCUT2D eigenvalue weighted by Gasteiger charge is -2.05. The van der Waals surface area contributed by atoms with Gasteiger partial charge in [-0.2, -0.15) is 0 Å². The second-order valence-corrected chi connectivity index (χ2v) is 5.04. The number of carboxylic acid groups (broad SMARTS) is 1. The van der Waals surface area contributed by atoms with Gasteiger partial charge in [-0.1, -0.05) is 0 Å². The van der Waals surface area contributed by atoms with Crippen LogP contribution in [0.5, 0.6) is 0 Å². The fourth-order valence-corrected chi connectivity index (χ4v) is 2.16. The number of aromatic nitrogens is 2. The van der Waals surface area contributed by atoms with Crippen LogP contribution in [0.2, 0.25) is 0 Å². The molecule has 0 saturated heterocycles. The van der Waals surface area contributed by atoms with Crippen LogP contribution in [0.3, 0.4) is 0 Å². The number of fused-ring (bicyclic) bond motifs is 1. The summed E-state index contributed by atoms with van der Waals surface area (Å²) in [5.41, 5.74) is -0.839. The summed E-state index contributed by atoms with van der Waals surface area (Å²) in [4.78, 5) is 39.2. The molecule has 8 nitrogen and oxygen atoms in total. The molecule has 0 spiro atoms. The predicted octanol–water partition coefficient (Wildman–Crippen LogP) is 0.275. The number of carbonyl (C=O) groups is 2. The molecule has 1 aliphatic carbocycles. The third-order valence-electron chi connectivity index (χ3n) is 3.33. The molecule has 2 aromatic heterocycles. The van der Waals surface area contributed by atoms with Crippen LogP contribution < -0.4 is 10.9 Å². The molecule has 2 N–H and O–H groups in total. The third kappa shape index (κ3) is 2.39. The maximum absolute atomic E-state index is 12.3. The molecular formula is C13H13N3O5. The van der Waals surface area contributed by atoms with Crippen LogP contribution in [-0.2, 0) is 11.3 Å². The Kier molecular flexibility index (Phi) is 3.00. The SMILES string of the molecule is Cc1oc2ncn(CC(=O)NC3CC3)c(=O)c2c1C(=O)O. The zero-order chi connectivity index (χ0) is 15.1. The van der Waals surface area contributed by atoms with Crippen LogP contribution in [0.25, 0.3) is 11.1 Å². The third-order valence-corrected chi connectivity index (χ3v) is 3.33. The molecule has 1 aliphatic rings. The largest absolute Gasteiger partial charge is 0.478 e. The number of hydrogen-bond donors (Lipinski definition) is 2. The van der Waals surface area contributed by atoms with Crippen molar-refractivity contribution in [3.63, 3.8) is 0 Å². The van der Waals surface area contributed by atoms with Gasteiger partial charge in [-0.15, -0.1) is 0 Å². The Morgan fingerprint density at radius 1 is 1.52 bits per heavy atom. The fourth-order valence-electron chi connectivity index (χ4n) is 2.16. The van der Waals surface area contributed by atoms with Gasteiger partial charge in [-0.25, -0.2) is 9.78 Å². The lowest BCUT2D eigenvalue weighted by atomic mass is 10.2. The van der Waals surface area contributed by atoms with Gasteiger partial charge in [-0.3, -0.25) is 14.2 Å². The van der Waals surface area contributed by atoms with Crippen molar-refractivity contribution >= 4 is 23.0 Å². The predicted molar refractivity (Wildman–Crippen MR) is 71.1 cm³/mol. The van der Waals surface area contributed by atoms with Crippen molar-refractivity contribution in [1.29, 1.82) is 0 Å². The standard InChI is InChI=1S/C13H13N3O5/c1-6-9(13(19)20)10-11(21-6)14-5-16(12(10)18)4-8(17)15-7-2-3-7/h5,7H,2-4H2,1H3,(H,15,17)(H,19,20). The highest BCUT2D eigenvalue weighted by Gasteiger charge is 2.25. The number of carboxylic acids is 1. The van der Waals surface area contributed by atoms with E-state index in [0.717, 1.165) is 17.4 Å². The van der Waals surface area contributed by atoms with Gasteiger partial charge < -0.3 is 14.8 Å². The quantitative estimate of drug-likeness (QED) is 0.836. The summed E-state index contributed by atoms with van der Waals surface area (Å²) < 4.78 is 6.25. The van der Waals surface area contributed by atoms with Crippen LogP contribution in [0.4, 0.5) is 0 Å². The van der Waals surface area contributed by atoms with Crippen molar-refractivity contribution in [1.82, 2.24) is 14.9 Å². The van der Waals surface area contributed by atoms with Crippen molar-refractivity contribution in [3.05, 3.63) is 28.0 Å². The topological polar surface area (TPSA) is 114 Å². The van der Waals surface area contributed by atoms with Gasteiger partial charge in [0, 0.05) is 6.04 Å². The minimum Gasteiger partial charge on any atom is -0.478 e. The van der Waals surface area contributed by atoms with E-state index in [4.69, 9.17) is 9.52 Å². The van der Waals surface area contributed by atoms with Gasteiger partial charge in [0.25, 0.3) is 5.56 Å². The van der Waals surface area contributed by atoms with E-state index in [1.807, 2.05) is 0 Å². The average Bonchev–Trinajstić information content (AvgIpc) is 3.13. The number of aromatic carboxylic acids is 1. The second-order valence-electron chi connectivity index (χ2n) is 5.04. The number of aryl methyl sites for hydroxylation is 1. The number of nitrogens with one attached hydrogen (secondary N) is 1. The molecule has 0 aliphatic heterocycles. The molecule has 1 fully saturated rings. The fraction of sp³-hybridized carbons (Fsp3) is 0.385. The Morgan fingerprint density at radius 2 is 2.24 bits per heavy atom. The van der Waals surface area contributed by atoms with Crippen LogP contribution in [-0.4, -0.2) is 32.6 Å². The molecule has 8 heteroatoms. The molecule has 2 heterocycles. The van der Waals surface area contributed by atoms with E-state index < -0.39 is 11.5 Å². The van der Waals surface area contributed by atoms with Crippen molar-refractivity contribution < 1.29 is 19.1 Å². The average molecular weight is 291 g/mol. The summed E-state index contributed by atoms with van der Waals surface area (Å²) >= 11 is 0. The zero-order valence-electron chi connectivity index (χ0n) is 11.3. The highest BCUT2D eigenvalue weighted by molar-refractivity contribution is 6.02. The molecule has 21 heavy (non-hydrogen) atoms. The van der Waals surface area contributed by atoms with Crippen molar-refractivity contribution in [3.8, 4) is 0 Å². The number of amides is 1. The molecule has 0 aromatic carbocycles. The van der Waals surface area contributed by atoms with E-state index in [9.17, 15) is 14.4 Å². The van der Waals surface area contributed by atoms with Crippen molar-refractivity contribution in [2.75, 3.05) is 0 Å². The first kappa shape index (κ1) is 13.3. The monoisotopic (exact) mass is 291 g/mol. The Hall–Kier alpha value is -2.64. The van der Waals surface area contributed by atoms with Gasteiger partial charge in [0.1, 0.15) is 29.6 Å². The summed E-state index contributed by atoms with van der Waals surface area (Å²) in [6.45, 7) is 1.26. The first-order chi connectivity index (χ1) is 9.97. The van der Waals surface area contributed by atoms with Crippen molar-refractivity contribution in [2.45, 2.75) is 32.4 Å². The summed E-state index contributed by atoms with van der Waals surface area (Å²) in [6, 6.07) is 0.190. The zero-order valence-corrected chi connectivity index (χ0v) is 11.3. The summed E-state index contributed by atoms with van der Waals surface area (Å²) in [6.07, 6.45) is 3.08. The number of furan rings is 1. The van der Waals surface area contributed by atoms with Crippen LogP contribution >= 0.6 is 0 Å². The Bertz CT molecular complexity index is 800. The Morgan fingerprint density at radius 3 is 2.86 bits per heavy atom. The second kappa shape index (κ2) is 4.72. The molecule has 0 unspecified atom stereocenters. The molecule has 3 rings (SSSR count). The first-order valence-corrected chi connectivity index (χ1v) is 6.48. The van der Waals surface area contributed by atoms with Gasteiger partial charge in [0.15, 0.2) is 0 Å². The first-order valence-electron chi connectivity index (χ1n) is 6.48. The normalized spacial score (nSPS) is 14.3. The van der Waals surface area contributed by atoms with Gasteiger partial charge in [0.2, 0.25) is 11.6 Å². The van der Waals surface area contributed by atoms with E-state index in [1.54, 1.807) is 0 Å². The summed E-state index contributed by atoms with van der Waals surface area (Å²) in [7, 11) is 0. The van der Waals surface area contributed by atoms with E-state index in [-0.39, 0.29) is 40.9 Å². The van der Waals surface area contributed by atoms with Crippen molar-refractivity contribution in [2.24, 2.45) is 0 Å². The Balaban J connectivity index is 2.02. The number of carbonyl (C=O) groups excluding carboxylic acids is 1. The van der Waals surface area contributed by atoms with Crippen LogP contribution in [0.1, 0.15) is 29.0 Å². The van der Waals surface area contributed by atoms with E-state index in [2.05, 4.69) is 10.3 Å². The summed E-state index contributed by atoms with van der Waals surface area (Å²) in [5.74, 6) is -1.44. The van der Waals surface area contributed by atoms with E-state index in [0.29, 0.717) is 0 Å². The maximum atomic E-state index is 12.3. The molecule has 110 valence electrons.